The third-order valence-corrected chi connectivity index (χ3v) is 3.36. The fourth-order valence-corrected chi connectivity index (χ4v) is 2.48. The van der Waals surface area contributed by atoms with Crippen LogP contribution < -0.4 is 5.73 Å². The lowest BCUT2D eigenvalue weighted by Gasteiger charge is -2.26. The van der Waals surface area contributed by atoms with Gasteiger partial charge < -0.3 is 10.6 Å². The molecule has 3 nitrogen and oxygen atoms in total. The van der Waals surface area contributed by atoms with E-state index in [4.69, 9.17) is 5.73 Å². The second-order valence-corrected chi connectivity index (χ2v) is 4.14. The van der Waals surface area contributed by atoms with Gasteiger partial charge in [-0.1, -0.05) is 0 Å². The van der Waals surface area contributed by atoms with Gasteiger partial charge in [-0.2, -0.15) is 0 Å². The summed E-state index contributed by atoms with van der Waals surface area (Å²) >= 11 is 1.78. The van der Waals surface area contributed by atoms with Crippen molar-refractivity contribution < 1.29 is 4.79 Å². The lowest BCUT2D eigenvalue weighted by Crippen LogP contribution is -2.39. The first kappa shape index (κ1) is 11.5. The Kier molecular flexibility index (Phi) is 3.92. The highest BCUT2D eigenvalue weighted by Gasteiger charge is 2.19. The third-order valence-electron chi connectivity index (χ3n) is 2.33. The van der Waals surface area contributed by atoms with Crippen molar-refractivity contribution in [1.82, 2.24) is 4.90 Å². The van der Waals surface area contributed by atoms with Crippen LogP contribution in [0.1, 0.15) is 10.4 Å². The van der Waals surface area contributed by atoms with Crippen LogP contribution in [0.2, 0.25) is 0 Å². The van der Waals surface area contributed by atoms with Gasteiger partial charge in [-0.3, -0.25) is 4.79 Å². The summed E-state index contributed by atoms with van der Waals surface area (Å²) in [5.74, 6) is 0.0526. The Hall–Kier alpha value is -0.580. The molecule has 2 rings (SSSR count). The van der Waals surface area contributed by atoms with Crippen LogP contribution in [0.5, 0.6) is 0 Å². The predicted molar refractivity (Wildman–Crippen MR) is 59.7 cm³/mol. The monoisotopic (exact) mass is 232 g/mol. The molecule has 1 amide bonds. The molecule has 0 spiro atoms. The summed E-state index contributed by atoms with van der Waals surface area (Å²) in [6.07, 6.45) is 0.985. The summed E-state index contributed by atoms with van der Waals surface area (Å²) in [4.78, 5) is 14.5. The SMILES string of the molecule is Cl.NCC(=O)N1CCc2sccc2C1. The number of rotatable bonds is 1. The molecule has 14 heavy (non-hydrogen) atoms. The first-order chi connectivity index (χ1) is 6.31. The summed E-state index contributed by atoms with van der Waals surface area (Å²) in [5, 5.41) is 2.08. The van der Waals surface area contributed by atoms with Crippen LogP contribution in [-0.2, 0) is 17.8 Å². The predicted octanol–water partition coefficient (Wildman–Crippen LogP) is 1.01. The maximum absolute atomic E-state index is 11.3. The molecular weight excluding hydrogens is 220 g/mol. The second-order valence-electron chi connectivity index (χ2n) is 3.14. The summed E-state index contributed by atoms with van der Waals surface area (Å²) in [6.45, 7) is 1.69. The van der Waals surface area contributed by atoms with Gasteiger partial charge in [-0.15, -0.1) is 23.7 Å². The van der Waals surface area contributed by atoms with E-state index < -0.39 is 0 Å². The van der Waals surface area contributed by atoms with Crippen molar-refractivity contribution in [3.05, 3.63) is 21.9 Å². The molecule has 1 aromatic heterocycles. The van der Waals surface area contributed by atoms with Gasteiger partial charge in [0, 0.05) is 18.0 Å². The molecule has 0 atom stereocenters. The Morgan fingerprint density at radius 2 is 2.43 bits per heavy atom. The smallest absolute Gasteiger partial charge is 0.236 e. The minimum atomic E-state index is 0. The van der Waals surface area contributed by atoms with E-state index in [-0.39, 0.29) is 24.9 Å². The molecule has 78 valence electrons. The number of hydrogen-bond acceptors (Lipinski definition) is 3. The van der Waals surface area contributed by atoms with Gasteiger partial charge in [0.1, 0.15) is 0 Å². The van der Waals surface area contributed by atoms with E-state index in [1.165, 1.54) is 10.4 Å². The highest BCUT2D eigenvalue weighted by molar-refractivity contribution is 7.10. The Morgan fingerprint density at radius 3 is 3.14 bits per heavy atom. The summed E-state index contributed by atoms with van der Waals surface area (Å²) < 4.78 is 0. The number of halogens is 1. The van der Waals surface area contributed by atoms with Crippen molar-refractivity contribution >= 4 is 29.7 Å². The van der Waals surface area contributed by atoms with Crippen molar-refractivity contribution in [3.8, 4) is 0 Å². The number of fused-ring (bicyclic) bond motifs is 1. The van der Waals surface area contributed by atoms with Crippen LogP contribution in [-0.4, -0.2) is 23.9 Å². The first-order valence-corrected chi connectivity index (χ1v) is 5.22. The number of nitrogens with two attached hydrogens (primary N) is 1. The van der Waals surface area contributed by atoms with E-state index >= 15 is 0 Å². The van der Waals surface area contributed by atoms with Crippen LogP contribution in [0.4, 0.5) is 0 Å². The van der Waals surface area contributed by atoms with E-state index in [1.807, 2.05) is 4.90 Å². The maximum Gasteiger partial charge on any atom is 0.236 e. The van der Waals surface area contributed by atoms with E-state index in [2.05, 4.69) is 11.4 Å². The zero-order chi connectivity index (χ0) is 9.26. The third kappa shape index (κ3) is 2.08. The van der Waals surface area contributed by atoms with Gasteiger partial charge in [0.2, 0.25) is 5.91 Å². The van der Waals surface area contributed by atoms with Crippen LogP contribution in [0.3, 0.4) is 0 Å². The van der Waals surface area contributed by atoms with E-state index in [0.717, 1.165) is 19.5 Å². The van der Waals surface area contributed by atoms with Gasteiger partial charge in [-0.05, 0) is 23.4 Å². The molecule has 0 saturated carbocycles. The standard InChI is InChI=1S/C9H12N2OS.ClH/c10-5-9(12)11-3-1-8-7(6-11)2-4-13-8;/h2,4H,1,3,5-6,10H2;1H. The number of thiophene rings is 1. The minimum absolute atomic E-state index is 0. The molecule has 0 fully saturated rings. The highest BCUT2D eigenvalue weighted by Crippen LogP contribution is 2.23. The molecular formula is C9H13ClN2OS. The lowest BCUT2D eigenvalue weighted by molar-refractivity contribution is -0.130. The quantitative estimate of drug-likeness (QED) is 0.786. The number of carbonyl (C=O) groups excluding carboxylic acids is 1. The van der Waals surface area contributed by atoms with Gasteiger partial charge in [-0.25, -0.2) is 0 Å². The summed E-state index contributed by atoms with van der Waals surface area (Å²) in [7, 11) is 0. The molecule has 2 heterocycles. The van der Waals surface area contributed by atoms with E-state index in [1.54, 1.807) is 11.3 Å². The van der Waals surface area contributed by atoms with Gasteiger partial charge in [0.05, 0.1) is 6.54 Å². The van der Waals surface area contributed by atoms with Crippen molar-refractivity contribution in [2.45, 2.75) is 13.0 Å². The molecule has 0 radical (unpaired) electrons. The van der Waals surface area contributed by atoms with Crippen molar-refractivity contribution in [2.24, 2.45) is 5.73 Å². The van der Waals surface area contributed by atoms with E-state index in [9.17, 15) is 4.79 Å². The maximum atomic E-state index is 11.3. The molecule has 0 saturated heterocycles. The van der Waals surface area contributed by atoms with Crippen LogP contribution >= 0.6 is 23.7 Å². The molecule has 0 aliphatic carbocycles. The van der Waals surface area contributed by atoms with Crippen molar-refractivity contribution in [3.63, 3.8) is 0 Å². The van der Waals surface area contributed by atoms with Crippen LogP contribution in [0.15, 0.2) is 11.4 Å². The largest absolute Gasteiger partial charge is 0.337 e. The summed E-state index contributed by atoms with van der Waals surface area (Å²) in [6, 6.07) is 2.09. The number of hydrogen-bond donors (Lipinski definition) is 1. The molecule has 0 unspecified atom stereocenters. The first-order valence-electron chi connectivity index (χ1n) is 4.34. The van der Waals surface area contributed by atoms with Crippen molar-refractivity contribution in [1.29, 1.82) is 0 Å². The zero-order valence-electron chi connectivity index (χ0n) is 7.73. The zero-order valence-corrected chi connectivity index (χ0v) is 9.37. The van der Waals surface area contributed by atoms with Crippen LogP contribution in [0.25, 0.3) is 0 Å². The number of carbonyl (C=O) groups is 1. The Bertz CT molecular complexity index is 326. The molecule has 2 N–H and O–H groups in total. The lowest BCUT2D eigenvalue weighted by atomic mass is 10.1. The summed E-state index contributed by atoms with van der Waals surface area (Å²) in [5.41, 5.74) is 6.60. The molecule has 0 aromatic carbocycles. The molecule has 1 aliphatic heterocycles. The normalized spacial score (nSPS) is 14.5. The van der Waals surface area contributed by atoms with Crippen LogP contribution in [0, 0.1) is 0 Å². The fourth-order valence-electron chi connectivity index (χ4n) is 1.59. The average molecular weight is 233 g/mol. The van der Waals surface area contributed by atoms with Gasteiger partial charge in [0.25, 0.3) is 0 Å². The second kappa shape index (κ2) is 4.77. The topological polar surface area (TPSA) is 46.3 Å². The Labute approximate surface area is 93.3 Å². The van der Waals surface area contributed by atoms with Gasteiger partial charge >= 0.3 is 0 Å². The Balaban J connectivity index is 0.000000980. The number of nitrogens with zero attached hydrogens (tertiary/aromatic N) is 1. The van der Waals surface area contributed by atoms with Gasteiger partial charge in [0.15, 0.2) is 0 Å². The highest BCUT2D eigenvalue weighted by atomic mass is 35.5. The molecule has 1 aromatic rings. The fraction of sp³-hybridized carbons (Fsp3) is 0.444. The average Bonchev–Trinajstić information content (AvgIpc) is 2.63. The number of amides is 1. The molecule has 1 aliphatic rings. The molecule has 0 bridgehead atoms. The van der Waals surface area contributed by atoms with E-state index in [0.29, 0.717) is 0 Å². The minimum Gasteiger partial charge on any atom is -0.337 e. The molecule has 5 heteroatoms. The van der Waals surface area contributed by atoms with Crippen molar-refractivity contribution in [2.75, 3.05) is 13.1 Å². The Morgan fingerprint density at radius 1 is 1.64 bits per heavy atom.